The molecule has 1 amide bonds. The summed E-state index contributed by atoms with van der Waals surface area (Å²) in [6.07, 6.45) is 5.90. The summed E-state index contributed by atoms with van der Waals surface area (Å²) in [6, 6.07) is 16.1. The van der Waals surface area contributed by atoms with Gasteiger partial charge < -0.3 is 15.1 Å². The highest BCUT2D eigenvalue weighted by Crippen LogP contribution is 2.28. The van der Waals surface area contributed by atoms with Crippen LogP contribution in [0.1, 0.15) is 34.3 Å². The lowest BCUT2D eigenvalue weighted by atomic mass is 10.0. The lowest BCUT2D eigenvalue weighted by Crippen LogP contribution is -2.47. The number of hydrogen-bond acceptors (Lipinski definition) is 6. The summed E-state index contributed by atoms with van der Waals surface area (Å²) in [5.41, 5.74) is 5.55. The van der Waals surface area contributed by atoms with Gasteiger partial charge in [0.1, 0.15) is 0 Å². The Morgan fingerprint density at radius 3 is 2.76 bits per heavy atom. The molecule has 7 heteroatoms. The van der Waals surface area contributed by atoms with Crippen LogP contribution in [0.5, 0.6) is 0 Å². The Balaban J connectivity index is 1.32. The Morgan fingerprint density at radius 1 is 1.12 bits per heavy atom. The van der Waals surface area contributed by atoms with Crippen LogP contribution in [0.25, 0.3) is 11.3 Å². The number of amides is 1. The maximum absolute atomic E-state index is 13.0. The van der Waals surface area contributed by atoms with E-state index >= 15 is 0 Å². The molecule has 33 heavy (non-hydrogen) atoms. The van der Waals surface area contributed by atoms with E-state index in [0.717, 1.165) is 54.0 Å². The van der Waals surface area contributed by atoms with Gasteiger partial charge >= 0.3 is 0 Å². The minimum absolute atomic E-state index is 0.0889. The van der Waals surface area contributed by atoms with Crippen LogP contribution in [-0.4, -0.2) is 65.1 Å². The number of aromatic nitrogens is 2. The fraction of sp³-hybridized carbons (Fsp3) is 0.308. The summed E-state index contributed by atoms with van der Waals surface area (Å²) < 4.78 is 0. The van der Waals surface area contributed by atoms with Gasteiger partial charge in [-0.25, -0.2) is 9.97 Å². The zero-order valence-corrected chi connectivity index (χ0v) is 19.0. The van der Waals surface area contributed by atoms with Crippen molar-refractivity contribution in [3.05, 3.63) is 71.4 Å². The van der Waals surface area contributed by atoms with E-state index in [-0.39, 0.29) is 5.91 Å². The van der Waals surface area contributed by atoms with Crippen molar-refractivity contribution in [2.24, 2.45) is 4.99 Å². The number of piperidine rings is 1. The van der Waals surface area contributed by atoms with Gasteiger partial charge in [0, 0.05) is 59.5 Å². The third kappa shape index (κ3) is 4.50. The lowest BCUT2D eigenvalue weighted by molar-refractivity contribution is 0.0635. The first kappa shape index (κ1) is 21.3. The summed E-state index contributed by atoms with van der Waals surface area (Å²) >= 11 is 0. The Labute approximate surface area is 194 Å². The minimum Gasteiger partial charge on any atom is -0.337 e. The fourth-order valence-electron chi connectivity index (χ4n) is 4.45. The lowest BCUT2D eigenvalue weighted by Gasteiger charge is -2.36. The molecule has 2 aromatic carbocycles. The van der Waals surface area contributed by atoms with Crippen LogP contribution < -0.4 is 5.32 Å². The molecule has 168 valence electrons. The molecular weight excluding hydrogens is 412 g/mol. The van der Waals surface area contributed by atoms with Crippen LogP contribution in [0.2, 0.25) is 0 Å². The molecule has 0 bridgehead atoms. The number of nitrogens with one attached hydrogen (secondary N) is 1. The normalized spacial score (nSPS) is 17.3. The zero-order chi connectivity index (χ0) is 22.8. The highest BCUT2D eigenvalue weighted by molar-refractivity contribution is 5.95. The number of fused-ring (bicyclic) bond motifs is 3. The molecule has 1 saturated heterocycles. The molecule has 5 rings (SSSR count). The summed E-state index contributed by atoms with van der Waals surface area (Å²) in [5.74, 6) is 0.611. The molecule has 1 aromatic heterocycles. The van der Waals surface area contributed by atoms with Gasteiger partial charge in [0.2, 0.25) is 5.95 Å². The first-order valence-electron chi connectivity index (χ1n) is 11.4. The second-order valence-electron chi connectivity index (χ2n) is 8.84. The SMILES string of the molecule is CN(C)C1CCCN(C(=O)c2ccc(Nc3ncc4c(n3)-c3ccccc3C=NC4)cc2)C1. The van der Waals surface area contributed by atoms with Crippen molar-refractivity contribution in [2.45, 2.75) is 25.4 Å². The molecule has 0 radical (unpaired) electrons. The highest BCUT2D eigenvalue weighted by atomic mass is 16.2. The number of aliphatic imine (C=N–C) groups is 1. The molecular formula is C26H28N6O. The first-order chi connectivity index (χ1) is 16.1. The average Bonchev–Trinajstić information content (AvgIpc) is 3.03. The number of benzene rings is 2. The largest absolute Gasteiger partial charge is 0.337 e. The van der Waals surface area contributed by atoms with Crippen molar-refractivity contribution >= 4 is 23.8 Å². The third-order valence-electron chi connectivity index (χ3n) is 6.37. The standard InChI is InChI=1S/C26H28N6O/c1-31(2)22-7-5-13-32(17-22)25(33)18-9-11-21(12-10-18)29-26-28-16-20-15-27-14-19-6-3-4-8-23(19)24(20)30-26/h3-4,6,8-12,14,16,22H,5,7,13,15,17H2,1-2H3,(H,28,29,30). The van der Waals surface area contributed by atoms with Crippen LogP contribution in [0.3, 0.4) is 0 Å². The molecule has 3 heterocycles. The van der Waals surface area contributed by atoms with Crippen molar-refractivity contribution in [1.82, 2.24) is 19.8 Å². The van der Waals surface area contributed by atoms with Crippen LogP contribution in [0.15, 0.2) is 59.7 Å². The smallest absolute Gasteiger partial charge is 0.253 e. The molecule has 7 nitrogen and oxygen atoms in total. The van der Waals surface area contributed by atoms with Gasteiger partial charge in [-0.3, -0.25) is 9.79 Å². The van der Waals surface area contributed by atoms with Crippen LogP contribution in [-0.2, 0) is 6.54 Å². The van der Waals surface area contributed by atoms with Gasteiger partial charge in [0.05, 0.1) is 12.2 Å². The summed E-state index contributed by atoms with van der Waals surface area (Å²) in [7, 11) is 4.16. The fourth-order valence-corrected chi connectivity index (χ4v) is 4.45. The molecule has 1 fully saturated rings. The van der Waals surface area contributed by atoms with Gasteiger partial charge in [-0.1, -0.05) is 24.3 Å². The number of hydrogen-bond donors (Lipinski definition) is 1. The quantitative estimate of drug-likeness (QED) is 0.664. The van der Waals surface area contributed by atoms with E-state index in [9.17, 15) is 4.79 Å². The summed E-state index contributed by atoms with van der Waals surface area (Å²) in [4.78, 5) is 30.9. The number of likely N-dealkylation sites (tertiary alicyclic amines) is 1. The minimum atomic E-state index is 0.0889. The predicted molar refractivity (Wildman–Crippen MR) is 131 cm³/mol. The number of nitrogens with zero attached hydrogens (tertiary/aromatic N) is 5. The molecule has 3 aromatic rings. The molecule has 2 aliphatic rings. The van der Waals surface area contributed by atoms with Crippen LogP contribution in [0.4, 0.5) is 11.6 Å². The zero-order valence-electron chi connectivity index (χ0n) is 19.0. The van der Waals surface area contributed by atoms with E-state index in [1.54, 1.807) is 0 Å². The Kier molecular flexibility index (Phi) is 5.88. The number of anilines is 2. The molecule has 1 atom stereocenters. The van der Waals surface area contributed by atoms with Crippen LogP contribution >= 0.6 is 0 Å². The van der Waals surface area contributed by atoms with Crippen molar-refractivity contribution < 1.29 is 4.79 Å². The van der Waals surface area contributed by atoms with Gasteiger partial charge in [0.15, 0.2) is 0 Å². The highest BCUT2D eigenvalue weighted by Gasteiger charge is 2.25. The number of carbonyl (C=O) groups is 1. The summed E-state index contributed by atoms with van der Waals surface area (Å²) in [5, 5.41) is 3.28. The predicted octanol–water partition coefficient (Wildman–Crippen LogP) is 3.99. The van der Waals surface area contributed by atoms with Gasteiger partial charge in [0.25, 0.3) is 5.91 Å². The van der Waals surface area contributed by atoms with Gasteiger partial charge in [-0.2, -0.15) is 0 Å². The molecule has 1 N–H and O–H groups in total. The van der Waals surface area contributed by atoms with Crippen molar-refractivity contribution in [1.29, 1.82) is 0 Å². The average molecular weight is 441 g/mol. The second kappa shape index (κ2) is 9.11. The van der Waals surface area contributed by atoms with E-state index in [1.807, 2.05) is 59.8 Å². The van der Waals surface area contributed by atoms with Crippen molar-refractivity contribution in [3.8, 4) is 11.3 Å². The molecule has 0 spiro atoms. The van der Waals surface area contributed by atoms with E-state index in [2.05, 4.69) is 40.4 Å². The molecule has 2 aliphatic heterocycles. The molecule has 0 aliphatic carbocycles. The molecule has 0 saturated carbocycles. The Bertz CT molecular complexity index is 1190. The Hall–Kier alpha value is -3.58. The topological polar surface area (TPSA) is 73.7 Å². The summed E-state index contributed by atoms with van der Waals surface area (Å²) in [6.45, 7) is 2.16. The third-order valence-corrected chi connectivity index (χ3v) is 6.37. The number of rotatable bonds is 4. The monoisotopic (exact) mass is 440 g/mol. The van der Waals surface area contributed by atoms with Crippen molar-refractivity contribution in [3.63, 3.8) is 0 Å². The van der Waals surface area contributed by atoms with Crippen molar-refractivity contribution in [2.75, 3.05) is 32.5 Å². The Morgan fingerprint density at radius 2 is 1.94 bits per heavy atom. The van der Waals surface area contributed by atoms with Gasteiger partial charge in [-0.15, -0.1) is 0 Å². The number of likely N-dealkylation sites (N-methyl/N-ethyl adjacent to an activating group) is 1. The maximum atomic E-state index is 13.0. The second-order valence-corrected chi connectivity index (χ2v) is 8.84. The molecule has 1 unspecified atom stereocenters. The first-order valence-corrected chi connectivity index (χ1v) is 11.4. The van der Waals surface area contributed by atoms with E-state index in [0.29, 0.717) is 24.1 Å². The van der Waals surface area contributed by atoms with E-state index in [1.165, 1.54) is 0 Å². The maximum Gasteiger partial charge on any atom is 0.253 e. The van der Waals surface area contributed by atoms with Gasteiger partial charge in [-0.05, 0) is 51.2 Å². The van der Waals surface area contributed by atoms with Crippen LogP contribution in [0, 0.1) is 0 Å². The van der Waals surface area contributed by atoms with E-state index in [4.69, 9.17) is 4.98 Å². The van der Waals surface area contributed by atoms with E-state index < -0.39 is 0 Å². The number of carbonyl (C=O) groups excluding carboxylic acids is 1.